The van der Waals surface area contributed by atoms with Crippen LogP contribution >= 0.6 is 11.6 Å². The van der Waals surface area contributed by atoms with Crippen LogP contribution in [0.3, 0.4) is 0 Å². The van der Waals surface area contributed by atoms with Crippen molar-refractivity contribution in [3.05, 3.63) is 75.0 Å². The Hall–Kier alpha value is -2.68. The van der Waals surface area contributed by atoms with Gasteiger partial charge in [0.25, 0.3) is 5.91 Å². The first-order valence-electron chi connectivity index (χ1n) is 11.5. The molecule has 1 aliphatic heterocycles. The molecule has 1 aliphatic rings. The van der Waals surface area contributed by atoms with Gasteiger partial charge in [0.05, 0.1) is 10.5 Å². The minimum atomic E-state index is -3.73. The van der Waals surface area contributed by atoms with Crippen LogP contribution in [-0.4, -0.2) is 42.7 Å². The van der Waals surface area contributed by atoms with E-state index in [9.17, 15) is 18.0 Å². The highest BCUT2D eigenvalue weighted by Gasteiger charge is 2.32. The number of halogens is 1. The Morgan fingerprint density at radius 1 is 1.15 bits per heavy atom. The van der Waals surface area contributed by atoms with Gasteiger partial charge in [-0.25, -0.2) is 8.42 Å². The van der Waals surface area contributed by atoms with Crippen molar-refractivity contribution >= 4 is 38.4 Å². The van der Waals surface area contributed by atoms with E-state index in [4.69, 9.17) is 11.6 Å². The van der Waals surface area contributed by atoms with E-state index in [1.807, 2.05) is 19.1 Å². The lowest BCUT2D eigenvalue weighted by molar-refractivity contribution is 0.0955. The zero-order valence-corrected chi connectivity index (χ0v) is 20.6. The summed E-state index contributed by atoms with van der Waals surface area (Å²) in [4.78, 5) is 28.0. The van der Waals surface area contributed by atoms with Crippen LogP contribution in [0.25, 0.3) is 10.9 Å². The number of H-pyrrole nitrogens is 1. The molecule has 0 spiro atoms. The number of nitrogens with one attached hydrogen (secondary N) is 2. The maximum absolute atomic E-state index is 13.4. The van der Waals surface area contributed by atoms with Gasteiger partial charge in [-0.3, -0.25) is 9.59 Å². The monoisotopic (exact) mass is 501 g/mol. The van der Waals surface area contributed by atoms with E-state index in [1.165, 1.54) is 18.2 Å². The second kappa shape index (κ2) is 10.3. The normalized spacial score (nSPS) is 17.1. The molecule has 1 unspecified atom stereocenters. The number of carbonyl (C=O) groups excluding carboxylic acids is 1. The Labute approximate surface area is 204 Å². The largest absolute Gasteiger partial charge is 0.352 e. The molecule has 2 aromatic carbocycles. The van der Waals surface area contributed by atoms with E-state index in [2.05, 4.69) is 10.3 Å². The van der Waals surface area contributed by atoms with Gasteiger partial charge in [-0.15, -0.1) is 0 Å². The molecule has 9 heteroatoms. The zero-order valence-electron chi connectivity index (χ0n) is 19.0. The van der Waals surface area contributed by atoms with Gasteiger partial charge in [0.1, 0.15) is 0 Å². The molecule has 1 amide bonds. The number of hydrogen-bond donors (Lipinski definition) is 2. The molecule has 34 heavy (non-hydrogen) atoms. The number of aromatic amines is 1. The summed E-state index contributed by atoms with van der Waals surface area (Å²) in [6, 6.07) is 13.1. The summed E-state index contributed by atoms with van der Waals surface area (Å²) in [5.41, 5.74) is 1.16. The van der Waals surface area contributed by atoms with Crippen LogP contribution in [-0.2, 0) is 16.4 Å². The number of amides is 1. The summed E-state index contributed by atoms with van der Waals surface area (Å²) >= 11 is 5.91. The standard InChI is InChI=1S/C25H28ClN3O4S/c1-2-19-5-3-4-14-29(19)34(32,33)20-10-11-23-21(15-20)22(16-24(30)28-23)25(31)27-13-12-17-6-8-18(26)9-7-17/h6-11,15-16,19H,2-5,12-14H2,1H3,(H,27,31)(H,28,30). The Bertz CT molecular complexity index is 1350. The highest BCUT2D eigenvalue weighted by molar-refractivity contribution is 7.89. The number of sulfonamides is 1. The molecular formula is C25H28ClN3O4S. The van der Waals surface area contributed by atoms with E-state index in [-0.39, 0.29) is 16.5 Å². The van der Waals surface area contributed by atoms with Gasteiger partial charge in [-0.05, 0) is 61.6 Å². The van der Waals surface area contributed by atoms with Crippen molar-refractivity contribution in [3.63, 3.8) is 0 Å². The minimum Gasteiger partial charge on any atom is -0.352 e. The predicted molar refractivity (Wildman–Crippen MR) is 134 cm³/mol. The van der Waals surface area contributed by atoms with E-state index < -0.39 is 21.5 Å². The van der Waals surface area contributed by atoms with Gasteiger partial charge in [0.15, 0.2) is 0 Å². The van der Waals surface area contributed by atoms with Gasteiger partial charge in [-0.2, -0.15) is 4.31 Å². The number of nitrogens with zero attached hydrogens (tertiary/aromatic N) is 1. The zero-order chi connectivity index (χ0) is 24.3. The maximum atomic E-state index is 13.4. The first-order valence-corrected chi connectivity index (χ1v) is 13.3. The maximum Gasteiger partial charge on any atom is 0.252 e. The molecule has 2 N–H and O–H groups in total. The highest BCUT2D eigenvalue weighted by atomic mass is 35.5. The first-order chi connectivity index (χ1) is 16.3. The van der Waals surface area contributed by atoms with Crippen molar-refractivity contribution in [3.8, 4) is 0 Å². The van der Waals surface area contributed by atoms with Crippen molar-refractivity contribution in [2.24, 2.45) is 0 Å². The quantitative estimate of drug-likeness (QED) is 0.509. The van der Waals surface area contributed by atoms with E-state index in [0.717, 1.165) is 31.2 Å². The average Bonchev–Trinajstić information content (AvgIpc) is 2.84. The van der Waals surface area contributed by atoms with E-state index in [1.54, 1.807) is 22.5 Å². The molecule has 7 nitrogen and oxygen atoms in total. The van der Waals surface area contributed by atoms with Crippen LogP contribution < -0.4 is 10.9 Å². The molecule has 180 valence electrons. The molecule has 1 atom stereocenters. The van der Waals surface area contributed by atoms with Crippen LogP contribution in [0.2, 0.25) is 5.02 Å². The molecule has 4 rings (SSSR count). The fourth-order valence-electron chi connectivity index (χ4n) is 4.48. The molecule has 2 heterocycles. The molecule has 0 radical (unpaired) electrons. The van der Waals surface area contributed by atoms with Gasteiger partial charge in [0, 0.05) is 41.1 Å². The molecule has 1 fully saturated rings. The van der Waals surface area contributed by atoms with Crippen LogP contribution in [0.15, 0.2) is 58.2 Å². The highest BCUT2D eigenvalue weighted by Crippen LogP contribution is 2.29. The smallest absolute Gasteiger partial charge is 0.252 e. The van der Waals surface area contributed by atoms with Crippen molar-refractivity contribution < 1.29 is 13.2 Å². The average molecular weight is 502 g/mol. The Morgan fingerprint density at radius 2 is 1.91 bits per heavy atom. The van der Waals surface area contributed by atoms with Crippen molar-refractivity contribution in [1.29, 1.82) is 0 Å². The van der Waals surface area contributed by atoms with Crippen molar-refractivity contribution in [2.75, 3.05) is 13.1 Å². The van der Waals surface area contributed by atoms with E-state index >= 15 is 0 Å². The molecule has 0 saturated carbocycles. The van der Waals surface area contributed by atoms with Crippen LogP contribution in [0.1, 0.15) is 48.5 Å². The summed E-state index contributed by atoms with van der Waals surface area (Å²) in [6.45, 7) is 2.84. The van der Waals surface area contributed by atoms with Crippen LogP contribution in [0.5, 0.6) is 0 Å². The Morgan fingerprint density at radius 3 is 2.65 bits per heavy atom. The second-order valence-corrected chi connectivity index (χ2v) is 10.9. The fraction of sp³-hybridized carbons (Fsp3) is 0.360. The molecule has 0 bridgehead atoms. The van der Waals surface area contributed by atoms with Gasteiger partial charge in [0.2, 0.25) is 15.6 Å². The lowest BCUT2D eigenvalue weighted by Crippen LogP contribution is -2.43. The number of pyridine rings is 1. The molecule has 3 aromatic rings. The number of hydrogen-bond acceptors (Lipinski definition) is 4. The second-order valence-electron chi connectivity index (χ2n) is 8.56. The number of benzene rings is 2. The third kappa shape index (κ3) is 5.19. The Balaban J connectivity index is 1.62. The summed E-state index contributed by atoms with van der Waals surface area (Å²) < 4.78 is 28.5. The SMILES string of the molecule is CCC1CCCCN1S(=O)(=O)c1ccc2[nH]c(=O)cc(C(=O)NCCc3ccc(Cl)cc3)c2c1. The number of rotatable bonds is 7. The molecule has 1 aromatic heterocycles. The molecule has 1 saturated heterocycles. The number of aromatic nitrogens is 1. The number of fused-ring (bicyclic) bond motifs is 1. The van der Waals surface area contributed by atoms with Gasteiger partial charge in [-0.1, -0.05) is 37.1 Å². The topological polar surface area (TPSA) is 99.3 Å². The lowest BCUT2D eigenvalue weighted by atomic mass is 10.0. The van der Waals surface area contributed by atoms with E-state index in [0.29, 0.717) is 35.4 Å². The Kier molecular flexibility index (Phi) is 7.40. The third-order valence-electron chi connectivity index (χ3n) is 6.32. The summed E-state index contributed by atoms with van der Waals surface area (Å²) in [6.07, 6.45) is 4.04. The van der Waals surface area contributed by atoms with Crippen LogP contribution in [0, 0.1) is 0 Å². The molecule has 0 aliphatic carbocycles. The first kappa shape index (κ1) is 24.4. The van der Waals surface area contributed by atoms with Gasteiger partial charge < -0.3 is 10.3 Å². The summed E-state index contributed by atoms with van der Waals surface area (Å²) in [5.74, 6) is -0.427. The van der Waals surface area contributed by atoms with Crippen molar-refractivity contribution in [2.45, 2.75) is 50.0 Å². The third-order valence-corrected chi connectivity index (χ3v) is 8.52. The molecular weight excluding hydrogens is 474 g/mol. The van der Waals surface area contributed by atoms with Crippen molar-refractivity contribution in [1.82, 2.24) is 14.6 Å². The summed E-state index contributed by atoms with van der Waals surface area (Å²) in [7, 11) is -3.73. The van der Waals surface area contributed by atoms with Crippen LogP contribution in [0.4, 0.5) is 0 Å². The number of carbonyl (C=O) groups is 1. The number of piperidine rings is 1. The fourth-order valence-corrected chi connectivity index (χ4v) is 6.40. The minimum absolute atomic E-state index is 0.0272. The van der Waals surface area contributed by atoms with Gasteiger partial charge >= 0.3 is 0 Å². The summed E-state index contributed by atoms with van der Waals surface area (Å²) in [5, 5.41) is 3.87. The lowest BCUT2D eigenvalue weighted by Gasteiger charge is -2.34. The predicted octanol–water partition coefficient (Wildman–Crippen LogP) is 4.11.